The summed E-state index contributed by atoms with van der Waals surface area (Å²) in [6.45, 7) is 1.40. The summed E-state index contributed by atoms with van der Waals surface area (Å²) in [7, 11) is 0. The summed E-state index contributed by atoms with van der Waals surface area (Å²) in [5.74, 6) is 0.182. The Labute approximate surface area is 179 Å². The third-order valence-electron chi connectivity index (χ3n) is 5.65. The maximum atomic E-state index is 13.2. The van der Waals surface area contributed by atoms with Crippen LogP contribution in [0.3, 0.4) is 0 Å². The molecule has 0 radical (unpaired) electrons. The van der Waals surface area contributed by atoms with Crippen molar-refractivity contribution in [3.63, 3.8) is 0 Å². The van der Waals surface area contributed by atoms with Crippen LogP contribution in [0.2, 0.25) is 0 Å². The average molecular weight is 419 g/mol. The van der Waals surface area contributed by atoms with Gasteiger partial charge in [0.25, 0.3) is 5.91 Å². The number of primary amides is 1. The molecule has 1 aromatic carbocycles. The molecule has 3 heterocycles. The minimum atomic E-state index is -0.631. The minimum Gasteiger partial charge on any atom is -0.365 e. The number of amides is 1. The Balaban J connectivity index is 1.62. The number of anilines is 3. The smallest absolute Gasteiger partial charge is 0.254 e. The first-order valence-electron chi connectivity index (χ1n) is 9.96. The van der Waals surface area contributed by atoms with Gasteiger partial charge in [-0.05, 0) is 49.2 Å². The standard InChI is InChI=1S/C22H22FN7O/c23-16-4-6-17(7-5-16)27-21-18(20(25)31)15-30(28-21)22(8-11-24)9-13-29(14-10-22)19-3-1-2-12-26-19/h1-7,12,15H,8-10,13-14H2,(H2,25,31)(H,27,28). The summed E-state index contributed by atoms with van der Waals surface area (Å²) in [5, 5.41) is 17.1. The lowest BCUT2D eigenvalue weighted by Crippen LogP contribution is -2.46. The summed E-state index contributed by atoms with van der Waals surface area (Å²) < 4.78 is 14.9. The number of halogens is 1. The predicted octanol–water partition coefficient (Wildman–Crippen LogP) is 3.17. The zero-order chi connectivity index (χ0) is 21.8. The van der Waals surface area contributed by atoms with E-state index >= 15 is 0 Å². The second-order valence-corrected chi connectivity index (χ2v) is 7.57. The Bertz CT molecular complexity index is 1100. The molecule has 0 aliphatic carbocycles. The number of hydrogen-bond donors (Lipinski definition) is 2. The molecule has 0 saturated carbocycles. The van der Waals surface area contributed by atoms with Gasteiger partial charge in [0.05, 0.1) is 18.0 Å². The van der Waals surface area contributed by atoms with Gasteiger partial charge in [0.15, 0.2) is 5.82 Å². The molecular weight excluding hydrogens is 397 g/mol. The Morgan fingerprint density at radius 1 is 1.23 bits per heavy atom. The van der Waals surface area contributed by atoms with E-state index in [1.807, 2.05) is 18.2 Å². The fourth-order valence-corrected chi connectivity index (χ4v) is 3.89. The van der Waals surface area contributed by atoms with Crippen molar-refractivity contribution < 1.29 is 9.18 Å². The molecule has 1 fully saturated rings. The third-order valence-corrected chi connectivity index (χ3v) is 5.65. The lowest BCUT2D eigenvalue weighted by molar-refractivity contribution is 0.100. The number of nitriles is 1. The van der Waals surface area contributed by atoms with Gasteiger partial charge in [-0.25, -0.2) is 9.37 Å². The van der Waals surface area contributed by atoms with Gasteiger partial charge in [-0.3, -0.25) is 9.48 Å². The Morgan fingerprint density at radius 3 is 2.58 bits per heavy atom. The van der Waals surface area contributed by atoms with Gasteiger partial charge in [-0.15, -0.1) is 0 Å². The van der Waals surface area contributed by atoms with E-state index in [1.165, 1.54) is 12.1 Å². The molecule has 1 aliphatic rings. The molecule has 31 heavy (non-hydrogen) atoms. The number of hydrogen-bond acceptors (Lipinski definition) is 6. The number of nitrogens with one attached hydrogen (secondary N) is 1. The van der Waals surface area contributed by atoms with Crippen LogP contribution in [0.15, 0.2) is 54.9 Å². The second-order valence-electron chi connectivity index (χ2n) is 7.57. The summed E-state index contributed by atoms with van der Waals surface area (Å²) in [4.78, 5) is 18.6. The highest BCUT2D eigenvalue weighted by atomic mass is 19.1. The van der Waals surface area contributed by atoms with Crippen LogP contribution in [-0.2, 0) is 5.54 Å². The van der Waals surface area contributed by atoms with E-state index in [-0.39, 0.29) is 23.6 Å². The SMILES string of the molecule is N#CCC1(n2cc(C(N)=O)c(Nc3ccc(F)cc3)n2)CCN(c2ccccn2)CC1. The Hall–Kier alpha value is -3.93. The first-order chi connectivity index (χ1) is 15.0. The highest BCUT2D eigenvalue weighted by Gasteiger charge is 2.38. The van der Waals surface area contributed by atoms with E-state index in [0.717, 1.165) is 5.82 Å². The molecule has 4 rings (SSSR count). The molecule has 0 bridgehead atoms. The number of nitrogens with zero attached hydrogens (tertiary/aromatic N) is 5. The van der Waals surface area contributed by atoms with Gasteiger partial charge in [0.1, 0.15) is 17.2 Å². The van der Waals surface area contributed by atoms with Crippen LogP contribution in [0.1, 0.15) is 29.6 Å². The zero-order valence-corrected chi connectivity index (χ0v) is 16.8. The van der Waals surface area contributed by atoms with Crippen LogP contribution < -0.4 is 16.0 Å². The van der Waals surface area contributed by atoms with E-state index in [2.05, 4.69) is 26.4 Å². The molecule has 1 saturated heterocycles. The fraction of sp³-hybridized carbons (Fsp3) is 0.273. The molecule has 0 atom stereocenters. The molecule has 0 spiro atoms. The molecule has 3 N–H and O–H groups in total. The van der Waals surface area contributed by atoms with Crippen LogP contribution in [-0.4, -0.2) is 33.8 Å². The van der Waals surface area contributed by atoms with Gasteiger partial charge in [-0.1, -0.05) is 6.07 Å². The summed E-state index contributed by atoms with van der Waals surface area (Å²) >= 11 is 0. The highest BCUT2D eigenvalue weighted by Crippen LogP contribution is 2.36. The molecular formula is C22H22FN7O. The molecule has 0 unspecified atom stereocenters. The first-order valence-corrected chi connectivity index (χ1v) is 9.96. The number of carbonyl (C=O) groups excluding carboxylic acids is 1. The maximum Gasteiger partial charge on any atom is 0.254 e. The lowest BCUT2D eigenvalue weighted by Gasteiger charge is -2.41. The van der Waals surface area contributed by atoms with E-state index < -0.39 is 11.4 Å². The summed E-state index contributed by atoms with van der Waals surface area (Å²) in [6.07, 6.45) is 4.92. The van der Waals surface area contributed by atoms with E-state index in [1.54, 1.807) is 29.2 Å². The molecule has 3 aromatic rings. The number of nitrogens with two attached hydrogens (primary N) is 1. The normalized spacial score (nSPS) is 15.3. The monoisotopic (exact) mass is 419 g/mol. The van der Waals surface area contributed by atoms with E-state index in [4.69, 9.17) is 5.73 Å². The Kier molecular flexibility index (Phi) is 5.54. The van der Waals surface area contributed by atoms with Crippen LogP contribution in [0, 0.1) is 17.1 Å². The van der Waals surface area contributed by atoms with Crippen molar-refractivity contribution in [1.29, 1.82) is 5.26 Å². The average Bonchev–Trinajstić information content (AvgIpc) is 3.21. The van der Waals surface area contributed by atoms with Crippen molar-refractivity contribution in [2.75, 3.05) is 23.3 Å². The van der Waals surface area contributed by atoms with Crippen molar-refractivity contribution in [2.45, 2.75) is 24.8 Å². The molecule has 9 heteroatoms. The summed E-state index contributed by atoms with van der Waals surface area (Å²) in [6, 6.07) is 13.8. The number of carbonyl (C=O) groups is 1. The molecule has 2 aromatic heterocycles. The molecule has 1 amide bonds. The summed E-state index contributed by atoms with van der Waals surface area (Å²) in [5.41, 5.74) is 5.81. The number of aromatic nitrogens is 3. The zero-order valence-electron chi connectivity index (χ0n) is 16.8. The highest BCUT2D eigenvalue weighted by molar-refractivity contribution is 5.98. The van der Waals surface area contributed by atoms with Gasteiger partial charge in [-0.2, -0.15) is 10.4 Å². The number of pyridine rings is 1. The lowest BCUT2D eigenvalue weighted by atomic mass is 9.85. The van der Waals surface area contributed by atoms with Crippen molar-refractivity contribution in [1.82, 2.24) is 14.8 Å². The first kappa shape index (κ1) is 20.3. The van der Waals surface area contributed by atoms with Gasteiger partial charge >= 0.3 is 0 Å². The van der Waals surface area contributed by atoms with Crippen molar-refractivity contribution in [2.24, 2.45) is 5.73 Å². The van der Waals surface area contributed by atoms with Crippen molar-refractivity contribution in [3.8, 4) is 6.07 Å². The van der Waals surface area contributed by atoms with E-state index in [9.17, 15) is 14.4 Å². The number of piperidine rings is 1. The minimum absolute atomic E-state index is 0.216. The van der Waals surface area contributed by atoms with Gasteiger partial charge < -0.3 is 16.0 Å². The fourth-order valence-electron chi connectivity index (χ4n) is 3.89. The van der Waals surface area contributed by atoms with Crippen LogP contribution >= 0.6 is 0 Å². The van der Waals surface area contributed by atoms with Crippen molar-refractivity contribution >= 4 is 23.2 Å². The quantitative estimate of drug-likeness (QED) is 0.635. The van der Waals surface area contributed by atoms with Gasteiger partial charge in [0.2, 0.25) is 0 Å². The molecule has 158 valence electrons. The topological polar surface area (TPSA) is 113 Å². The van der Waals surface area contributed by atoms with Crippen LogP contribution in [0.25, 0.3) is 0 Å². The predicted molar refractivity (Wildman–Crippen MR) is 114 cm³/mol. The second kappa shape index (κ2) is 8.44. The van der Waals surface area contributed by atoms with Crippen molar-refractivity contribution in [3.05, 3.63) is 66.2 Å². The number of benzene rings is 1. The van der Waals surface area contributed by atoms with Crippen LogP contribution in [0.5, 0.6) is 0 Å². The number of rotatable bonds is 6. The largest absolute Gasteiger partial charge is 0.365 e. The third kappa shape index (κ3) is 4.19. The molecule has 8 nitrogen and oxygen atoms in total. The maximum absolute atomic E-state index is 13.2. The van der Waals surface area contributed by atoms with E-state index in [0.29, 0.717) is 31.6 Å². The molecule has 1 aliphatic heterocycles. The van der Waals surface area contributed by atoms with Crippen LogP contribution in [0.4, 0.5) is 21.7 Å². The Morgan fingerprint density at radius 2 is 1.97 bits per heavy atom. The van der Waals surface area contributed by atoms with Gasteiger partial charge in [0, 0.05) is 31.2 Å².